The van der Waals surface area contributed by atoms with Gasteiger partial charge in [-0.25, -0.2) is 4.39 Å². The van der Waals surface area contributed by atoms with Gasteiger partial charge in [-0.2, -0.15) is 0 Å². The molecule has 1 saturated heterocycles. The zero-order valence-corrected chi connectivity index (χ0v) is 10.9. The maximum atomic E-state index is 13.4. The highest BCUT2D eigenvalue weighted by atomic mass is 19.1. The molecule has 1 aromatic rings. The molecule has 1 atom stereocenters. The van der Waals surface area contributed by atoms with E-state index in [1.807, 2.05) is 0 Å². The summed E-state index contributed by atoms with van der Waals surface area (Å²) >= 11 is 0. The Labute approximate surface area is 112 Å². The maximum Gasteiger partial charge on any atom is 0.149 e. The zero-order chi connectivity index (χ0) is 13.4. The number of hydrogen-bond acceptors (Lipinski definition) is 4. The molecule has 4 N–H and O–H groups in total. The van der Waals surface area contributed by atoms with E-state index in [4.69, 9.17) is 5.73 Å². The van der Waals surface area contributed by atoms with Crippen LogP contribution in [0.2, 0.25) is 0 Å². The van der Waals surface area contributed by atoms with Gasteiger partial charge >= 0.3 is 0 Å². The summed E-state index contributed by atoms with van der Waals surface area (Å²) in [5.41, 5.74) is 6.27. The van der Waals surface area contributed by atoms with Gasteiger partial charge in [0.15, 0.2) is 0 Å². The van der Waals surface area contributed by atoms with Gasteiger partial charge < -0.3 is 16.2 Å². The Bertz CT molecular complexity index is 470. The largest absolute Gasteiger partial charge is 0.505 e. The van der Waals surface area contributed by atoms with Gasteiger partial charge in [0, 0.05) is 37.8 Å². The minimum Gasteiger partial charge on any atom is -0.505 e. The average molecular weight is 265 g/mol. The first kappa shape index (κ1) is 12.7. The summed E-state index contributed by atoms with van der Waals surface area (Å²) < 4.78 is 13.4. The lowest BCUT2D eigenvalue weighted by atomic mass is 9.98. The number of phenols is 1. The molecule has 19 heavy (non-hydrogen) atoms. The molecule has 1 aliphatic heterocycles. The Kier molecular flexibility index (Phi) is 3.33. The minimum absolute atomic E-state index is 0.0737. The van der Waals surface area contributed by atoms with Crippen molar-refractivity contribution >= 4 is 5.69 Å². The second-order valence-electron chi connectivity index (χ2n) is 5.47. The lowest BCUT2D eigenvalue weighted by Gasteiger charge is -2.35. The standard InChI is InChI=1S/C14H20FN3O/c15-11-4-3-10(14(19)12(11)16)13(9-1-2-9)18-7-5-17-6-8-18/h3-4,9,13,17,19H,1-2,5-8,16H2/t13-/m1/s1. The highest BCUT2D eigenvalue weighted by Crippen LogP contribution is 2.48. The summed E-state index contributed by atoms with van der Waals surface area (Å²) in [4.78, 5) is 2.38. The third kappa shape index (κ3) is 2.40. The molecule has 3 rings (SSSR count). The number of nitrogen functional groups attached to an aromatic ring is 1. The van der Waals surface area contributed by atoms with Crippen molar-refractivity contribution in [1.29, 1.82) is 0 Å². The monoisotopic (exact) mass is 265 g/mol. The Morgan fingerprint density at radius 2 is 2.00 bits per heavy atom. The van der Waals surface area contributed by atoms with Crippen molar-refractivity contribution in [3.8, 4) is 5.75 Å². The van der Waals surface area contributed by atoms with Crippen molar-refractivity contribution in [2.24, 2.45) is 5.92 Å². The van der Waals surface area contributed by atoms with Crippen molar-refractivity contribution in [3.63, 3.8) is 0 Å². The van der Waals surface area contributed by atoms with Crippen LogP contribution >= 0.6 is 0 Å². The van der Waals surface area contributed by atoms with Crippen molar-refractivity contribution in [2.75, 3.05) is 31.9 Å². The molecule has 1 saturated carbocycles. The van der Waals surface area contributed by atoms with Crippen LogP contribution in [-0.2, 0) is 0 Å². The van der Waals surface area contributed by atoms with Gasteiger partial charge in [-0.3, -0.25) is 4.90 Å². The first-order chi connectivity index (χ1) is 9.18. The Hall–Kier alpha value is -1.33. The van der Waals surface area contributed by atoms with E-state index in [0.717, 1.165) is 31.7 Å². The fourth-order valence-electron chi connectivity index (χ4n) is 2.96. The number of anilines is 1. The molecule has 0 unspecified atom stereocenters. The van der Waals surface area contributed by atoms with Crippen molar-refractivity contribution in [1.82, 2.24) is 10.2 Å². The summed E-state index contributed by atoms with van der Waals surface area (Å²) in [5, 5.41) is 13.5. The van der Waals surface area contributed by atoms with Gasteiger partial charge in [0.25, 0.3) is 0 Å². The fourth-order valence-corrected chi connectivity index (χ4v) is 2.96. The molecule has 0 aromatic heterocycles. The third-order valence-electron chi connectivity index (χ3n) is 4.13. The second-order valence-corrected chi connectivity index (χ2v) is 5.47. The number of nitrogens with one attached hydrogen (secondary N) is 1. The normalized spacial score (nSPS) is 22.4. The van der Waals surface area contributed by atoms with Crippen LogP contribution in [0.3, 0.4) is 0 Å². The van der Waals surface area contributed by atoms with E-state index >= 15 is 0 Å². The summed E-state index contributed by atoms with van der Waals surface area (Å²) in [6, 6.07) is 3.22. The summed E-state index contributed by atoms with van der Waals surface area (Å²) in [5.74, 6) is -0.0552. The van der Waals surface area contributed by atoms with E-state index in [2.05, 4.69) is 10.2 Å². The van der Waals surface area contributed by atoms with Crippen molar-refractivity contribution in [3.05, 3.63) is 23.5 Å². The van der Waals surface area contributed by atoms with Gasteiger partial charge in [-0.1, -0.05) is 6.07 Å². The van der Waals surface area contributed by atoms with E-state index in [0.29, 0.717) is 5.92 Å². The Morgan fingerprint density at radius 1 is 1.32 bits per heavy atom. The van der Waals surface area contributed by atoms with Crippen LogP contribution in [0.25, 0.3) is 0 Å². The highest BCUT2D eigenvalue weighted by Gasteiger charge is 2.38. The third-order valence-corrected chi connectivity index (χ3v) is 4.13. The van der Waals surface area contributed by atoms with Crippen LogP contribution < -0.4 is 11.1 Å². The summed E-state index contributed by atoms with van der Waals surface area (Å²) in [6.45, 7) is 3.83. The number of benzene rings is 1. The highest BCUT2D eigenvalue weighted by molar-refractivity contribution is 5.58. The van der Waals surface area contributed by atoms with Crippen LogP contribution in [0.5, 0.6) is 5.75 Å². The number of hydrogen-bond donors (Lipinski definition) is 3. The topological polar surface area (TPSA) is 61.5 Å². The lowest BCUT2D eigenvalue weighted by Crippen LogP contribution is -2.45. The van der Waals surface area contributed by atoms with Gasteiger partial charge in [0.2, 0.25) is 0 Å². The van der Waals surface area contributed by atoms with E-state index in [9.17, 15) is 9.50 Å². The number of nitrogens with two attached hydrogens (primary N) is 1. The fraction of sp³-hybridized carbons (Fsp3) is 0.571. The Morgan fingerprint density at radius 3 is 2.63 bits per heavy atom. The summed E-state index contributed by atoms with van der Waals surface area (Å²) in [7, 11) is 0. The molecule has 1 heterocycles. The molecule has 2 fully saturated rings. The van der Waals surface area contributed by atoms with Crippen LogP contribution in [0, 0.1) is 11.7 Å². The number of piperazine rings is 1. The number of nitrogens with zero attached hydrogens (tertiary/aromatic N) is 1. The van der Waals surface area contributed by atoms with E-state index in [1.54, 1.807) is 6.07 Å². The molecule has 0 amide bonds. The average Bonchev–Trinajstić information content (AvgIpc) is 3.25. The molecule has 1 aromatic carbocycles. The van der Waals surface area contributed by atoms with E-state index in [-0.39, 0.29) is 17.5 Å². The SMILES string of the molecule is Nc1c(F)ccc([C@@H](C2CC2)N2CCNCC2)c1O. The maximum absolute atomic E-state index is 13.4. The van der Waals surface area contributed by atoms with Gasteiger partial charge in [0.05, 0.1) is 0 Å². The first-order valence-electron chi connectivity index (χ1n) is 6.90. The van der Waals surface area contributed by atoms with Gasteiger partial charge in [0.1, 0.15) is 17.3 Å². The zero-order valence-electron chi connectivity index (χ0n) is 10.9. The lowest BCUT2D eigenvalue weighted by molar-refractivity contribution is 0.153. The quantitative estimate of drug-likeness (QED) is 0.572. The first-order valence-corrected chi connectivity index (χ1v) is 6.90. The molecular formula is C14H20FN3O. The molecule has 0 spiro atoms. The molecule has 0 bridgehead atoms. The molecular weight excluding hydrogens is 245 g/mol. The van der Waals surface area contributed by atoms with Crippen molar-refractivity contribution < 1.29 is 9.50 Å². The molecule has 1 aliphatic carbocycles. The van der Waals surface area contributed by atoms with Gasteiger partial charge in [-0.05, 0) is 24.8 Å². The molecule has 0 radical (unpaired) electrons. The predicted molar refractivity (Wildman–Crippen MR) is 72.4 cm³/mol. The Balaban J connectivity index is 1.93. The van der Waals surface area contributed by atoms with Gasteiger partial charge in [-0.15, -0.1) is 0 Å². The number of rotatable bonds is 3. The molecule has 2 aliphatic rings. The predicted octanol–water partition coefficient (Wildman–Crippen LogP) is 1.47. The van der Waals surface area contributed by atoms with Crippen LogP contribution in [0.4, 0.5) is 10.1 Å². The van der Waals surface area contributed by atoms with Crippen LogP contribution in [0.1, 0.15) is 24.4 Å². The number of phenolic OH excluding ortho intramolecular Hbond substituents is 1. The number of halogens is 1. The second kappa shape index (κ2) is 4.98. The summed E-state index contributed by atoms with van der Waals surface area (Å²) in [6.07, 6.45) is 2.34. The minimum atomic E-state index is -0.545. The van der Waals surface area contributed by atoms with Crippen molar-refractivity contribution in [2.45, 2.75) is 18.9 Å². The van der Waals surface area contributed by atoms with Crippen LogP contribution in [-0.4, -0.2) is 36.2 Å². The smallest absolute Gasteiger partial charge is 0.149 e. The molecule has 5 heteroatoms. The number of aromatic hydroxyl groups is 1. The van der Waals surface area contributed by atoms with E-state index < -0.39 is 5.82 Å². The van der Waals surface area contributed by atoms with E-state index in [1.165, 1.54) is 18.9 Å². The molecule has 4 nitrogen and oxygen atoms in total. The molecule has 104 valence electrons. The van der Waals surface area contributed by atoms with Crippen LogP contribution in [0.15, 0.2) is 12.1 Å².